The lowest BCUT2D eigenvalue weighted by molar-refractivity contribution is -0.149. The van der Waals surface area contributed by atoms with E-state index in [2.05, 4.69) is 10.6 Å². The van der Waals surface area contributed by atoms with Gasteiger partial charge in [-0.05, 0) is 42.8 Å². The number of ether oxygens (including phenoxy) is 3. The van der Waals surface area contributed by atoms with Gasteiger partial charge in [0.1, 0.15) is 17.5 Å². The lowest BCUT2D eigenvalue weighted by atomic mass is 10.2. The van der Waals surface area contributed by atoms with Crippen molar-refractivity contribution in [3.63, 3.8) is 0 Å². The molecule has 0 unspecified atom stereocenters. The Balaban J connectivity index is 1.76. The van der Waals surface area contributed by atoms with E-state index in [1.54, 1.807) is 61.7 Å². The zero-order valence-electron chi connectivity index (χ0n) is 17.0. The lowest BCUT2D eigenvalue weighted by Crippen LogP contribution is -2.39. The molecular weight excluding hydrogens is 388 g/mol. The molecule has 2 aromatic rings. The van der Waals surface area contributed by atoms with Gasteiger partial charge in [-0.1, -0.05) is 18.2 Å². The highest BCUT2D eigenvalue weighted by Crippen LogP contribution is 2.16. The van der Waals surface area contributed by atoms with E-state index in [0.717, 1.165) is 5.56 Å². The molecule has 0 heterocycles. The van der Waals surface area contributed by atoms with Crippen LogP contribution in [0.5, 0.6) is 11.5 Å². The summed E-state index contributed by atoms with van der Waals surface area (Å²) in [6, 6.07) is 13.0. The highest BCUT2D eigenvalue weighted by atomic mass is 16.5. The molecule has 158 valence electrons. The van der Waals surface area contributed by atoms with E-state index in [0.29, 0.717) is 17.2 Å². The summed E-state index contributed by atoms with van der Waals surface area (Å²) >= 11 is 0. The number of hydrogen-bond donors (Lipinski definition) is 2. The van der Waals surface area contributed by atoms with Gasteiger partial charge in [-0.25, -0.2) is 4.79 Å². The highest BCUT2D eigenvalue weighted by molar-refractivity contribution is 5.96. The highest BCUT2D eigenvalue weighted by Gasteiger charge is 2.17. The van der Waals surface area contributed by atoms with Crippen molar-refractivity contribution < 1.29 is 28.6 Å². The van der Waals surface area contributed by atoms with Crippen molar-refractivity contribution in [1.29, 1.82) is 0 Å². The first kappa shape index (κ1) is 22.5. The van der Waals surface area contributed by atoms with Crippen LogP contribution in [0.1, 0.15) is 12.5 Å². The Morgan fingerprint density at radius 1 is 1.00 bits per heavy atom. The lowest BCUT2D eigenvalue weighted by Gasteiger charge is -2.12. The topological polar surface area (TPSA) is 103 Å². The Kier molecular flexibility index (Phi) is 8.43. The number of carbonyl (C=O) groups is 3. The Labute approximate surface area is 174 Å². The standard InChI is InChI=1S/C22H24N2O6/c1-15(23-20(25)12-9-16-7-10-18(28-2)11-8-16)22(27)30-14-21(26)24-17-5-4-6-19(13-17)29-3/h4-13,15H,14H2,1-3H3,(H,23,25)(H,24,26)/b12-9+/t15-/m0/s1. The molecule has 2 aromatic carbocycles. The number of methoxy groups -OCH3 is 2. The van der Waals surface area contributed by atoms with Crippen LogP contribution in [-0.2, 0) is 19.1 Å². The normalized spacial score (nSPS) is 11.4. The molecular formula is C22H24N2O6. The smallest absolute Gasteiger partial charge is 0.328 e. The van der Waals surface area contributed by atoms with Crippen LogP contribution >= 0.6 is 0 Å². The van der Waals surface area contributed by atoms with Gasteiger partial charge < -0.3 is 24.8 Å². The first-order valence-corrected chi connectivity index (χ1v) is 9.14. The maximum absolute atomic E-state index is 12.0. The summed E-state index contributed by atoms with van der Waals surface area (Å²) in [5.41, 5.74) is 1.32. The summed E-state index contributed by atoms with van der Waals surface area (Å²) in [4.78, 5) is 35.9. The van der Waals surface area contributed by atoms with E-state index in [-0.39, 0.29) is 0 Å². The summed E-state index contributed by atoms with van der Waals surface area (Å²) in [5, 5.41) is 5.08. The molecule has 30 heavy (non-hydrogen) atoms. The van der Waals surface area contributed by atoms with Crippen molar-refractivity contribution in [2.45, 2.75) is 13.0 Å². The third-order valence-corrected chi connectivity index (χ3v) is 3.95. The van der Waals surface area contributed by atoms with Crippen LogP contribution in [0.25, 0.3) is 6.08 Å². The number of esters is 1. The van der Waals surface area contributed by atoms with E-state index >= 15 is 0 Å². The minimum Gasteiger partial charge on any atom is -0.497 e. The summed E-state index contributed by atoms with van der Waals surface area (Å²) < 4.78 is 15.1. The molecule has 2 rings (SSSR count). The zero-order valence-corrected chi connectivity index (χ0v) is 17.0. The number of benzene rings is 2. The fourth-order valence-corrected chi connectivity index (χ4v) is 2.37. The molecule has 2 N–H and O–H groups in total. The number of amides is 2. The van der Waals surface area contributed by atoms with E-state index in [9.17, 15) is 14.4 Å². The van der Waals surface area contributed by atoms with Gasteiger partial charge in [0.15, 0.2) is 6.61 Å². The molecule has 0 aliphatic rings. The molecule has 1 atom stereocenters. The maximum Gasteiger partial charge on any atom is 0.328 e. The molecule has 0 saturated carbocycles. The largest absolute Gasteiger partial charge is 0.497 e. The second kappa shape index (κ2) is 11.3. The summed E-state index contributed by atoms with van der Waals surface area (Å²) in [5.74, 6) is -0.389. The molecule has 0 saturated heterocycles. The Morgan fingerprint density at radius 2 is 1.70 bits per heavy atom. The second-order valence-corrected chi connectivity index (χ2v) is 6.22. The van der Waals surface area contributed by atoms with Crippen LogP contribution < -0.4 is 20.1 Å². The minimum absolute atomic E-state index is 0.462. The molecule has 0 bridgehead atoms. The number of hydrogen-bond acceptors (Lipinski definition) is 6. The summed E-state index contributed by atoms with van der Waals surface area (Å²) in [7, 11) is 3.09. The van der Waals surface area contributed by atoms with Gasteiger partial charge in [-0.15, -0.1) is 0 Å². The minimum atomic E-state index is -0.914. The monoisotopic (exact) mass is 412 g/mol. The third-order valence-electron chi connectivity index (χ3n) is 3.95. The van der Waals surface area contributed by atoms with E-state index in [1.807, 2.05) is 0 Å². The molecule has 0 spiro atoms. The maximum atomic E-state index is 12.0. The fraction of sp³-hybridized carbons (Fsp3) is 0.227. The Morgan fingerprint density at radius 3 is 2.37 bits per heavy atom. The first-order valence-electron chi connectivity index (χ1n) is 9.14. The van der Waals surface area contributed by atoms with Crippen molar-refractivity contribution in [1.82, 2.24) is 5.32 Å². The van der Waals surface area contributed by atoms with Gasteiger partial charge in [0.2, 0.25) is 5.91 Å². The second-order valence-electron chi connectivity index (χ2n) is 6.22. The van der Waals surface area contributed by atoms with Crippen LogP contribution in [0, 0.1) is 0 Å². The van der Waals surface area contributed by atoms with Crippen LogP contribution in [0.15, 0.2) is 54.6 Å². The average molecular weight is 412 g/mol. The number of nitrogens with one attached hydrogen (secondary N) is 2. The van der Waals surface area contributed by atoms with Crippen molar-refractivity contribution in [3.8, 4) is 11.5 Å². The van der Waals surface area contributed by atoms with Gasteiger partial charge in [-0.3, -0.25) is 9.59 Å². The molecule has 0 fully saturated rings. The molecule has 0 aliphatic heterocycles. The molecule has 8 heteroatoms. The predicted octanol–water partition coefficient (Wildman–Crippen LogP) is 2.40. The van der Waals surface area contributed by atoms with Crippen LogP contribution in [0.3, 0.4) is 0 Å². The van der Waals surface area contributed by atoms with E-state index in [4.69, 9.17) is 14.2 Å². The molecule has 0 aliphatic carbocycles. The zero-order chi connectivity index (χ0) is 21.9. The van der Waals surface area contributed by atoms with Crippen molar-refractivity contribution >= 4 is 29.5 Å². The van der Waals surface area contributed by atoms with Gasteiger partial charge in [-0.2, -0.15) is 0 Å². The van der Waals surface area contributed by atoms with Crippen LogP contribution in [-0.4, -0.2) is 44.7 Å². The third kappa shape index (κ3) is 7.31. The van der Waals surface area contributed by atoms with Crippen LogP contribution in [0.4, 0.5) is 5.69 Å². The predicted molar refractivity (Wildman–Crippen MR) is 112 cm³/mol. The van der Waals surface area contributed by atoms with Gasteiger partial charge in [0.05, 0.1) is 14.2 Å². The Hall–Kier alpha value is -3.81. The van der Waals surface area contributed by atoms with Crippen LogP contribution in [0.2, 0.25) is 0 Å². The SMILES string of the molecule is COc1ccc(/C=C/C(=O)N[C@@H](C)C(=O)OCC(=O)Nc2cccc(OC)c2)cc1. The van der Waals surface area contributed by atoms with Gasteiger partial charge in [0.25, 0.3) is 5.91 Å². The van der Waals surface area contributed by atoms with E-state index < -0.39 is 30.4 Å². The summed E-state index contributed by atoms with van der Waals surface area (Å²) in [6.45, 7) is 0.999. The summed E-state index contributed by atoms with van der Waals surface area (Å²) in [6.07, 6.45) is 2.91. The fourth-order valence-electron chi connectivity index (χ4n) is 2.37. The molecule has 0 radical (unpaired) electrons. The first-order chi connectivity index (χ1) is 14.4. The van der Waals surface area contributed by atoms with Gasteiger partial charge in [0, 0.05) is 17.8 Å². The van der Waals surface area contributed by atoms with Crippen molar-refractivity contribution in [2.75, 3.05) is 26.1 Å². The molecule has 8 nitrogen and oxygen atoms in total. The Bertz CT molecular complexity index is 908. The van der Waals surface area contributed by atoms with Crippen molar-refractivity contribution in [3.05, 3.63) is 60.2 Å². The van der Waals surface area contributed by atoms with E-state index in [1.165, 1.54) is 20.1 Å². The average Bonchev–Trinajstić information content (AvgIpc) is 2.76. The van der Waals surface area contributed by atoms with Gasteiger partial charge >= 0.3 is 5.97 Å². The molecule has 0 aromatic heterocycles. The molecule has 2 amide bonds. The number of carbonyl (C=O) groups excluding carboxylic acids is 3. The number of anilines is 1. The van der Waals surface area contributed by atoms with Crippen molar-refractivity contribution in [2.24, 2.45) is 0 Å². The quantitative estimate of drug-likeness (QED) is 0.484. The number of rotatable bonds is 9.